The van der Waals surface area contributed by atoms with Crippen LogP contribution in [0.3, 0.4) is 0 Å². The first kappa shape index (κ1) is 15.1. The van der Waals surface area contributed by atoms with E-state index < -0.39 is 29.6 Å². The van der Waals surface area contributed by atoms with Crippen molar-refractivity contribution in [2.75, 3.05) is 0 Å². The lowest BCUT2D eigenvalue weighted by Gasteiger charge is -2.19. The summed E-state index contributed by atoms with van der Waals surface area (Å²) in [6.07, 6.45) is -1.13. The first-order valence-electron chi connectivity index (χ1n) is 5.65. The Morgan fingerprint density at radius 3 is 2.47 bits per heavy atom. The molecule has 1 atom stereocenters. The zero-order chi connectivity index (χ0) is 14.6. The summed E-state index contributed by atoms with van der Waals surface area (Å²) in [5.74, 6) is -1.53. The van der Waals surface area contributed by atoms with Gasteiger partial charge >= 0.3 is 12.1 Å². The first-order chi connectivity index (χ1) is 8.69. The van der Waals surface area contributed by atoms with E-state index in [9.17, 15) is 14.0 Å². The molecule has 0 aliphatic heterocycles. The Morgan fingerprint density at radius 1 is 1.32 bits per heavy atom. The van der Waals surface area contributed by atoms with Crippen molar-refractivity contribution in [3.63, 3.8) is 0 Å². The highest BCUT2D eigenvalue weighted by Gasteiger charge is 2.24. The maximum Gasteiger partial charge on any atom is 0.516 e. The zero-order valence-electron chi connectivity index (χ0n) is 11.0. The summed E-state index contributed by atoms with van der Waals surface area (Å²) in [6.45, 7) is 4.89. The summed E-state index contributed by atoms with van der Waals surface area (Å²) in [5, 5.41) is 0. The van der Waals surface area contributed by atoms with Gasteiger partial charge in [-0.2, -0.15) is 0 Å². The third-order valence-electron chi connectivity index (χ3n) is 2.04. The maximum atomic E-state index is 13.0. The van der Waals surface area contributed by atoms with Crippen molar-refractivity contribution in [1.82, 2.24) is 0 Å². The highest BCUT2D eigenvalue weighted by atomic mass is 19.1. The van der Waals surface area contributed by atoms with Crippen molar-refractivity contribution >= 4 is 12.1 Å². The summed E-state index contributed by atoms with van der Waals surface area (Å²) < 4.78 is 22.2. The maximum absolute atomic E-state index is 13.0. The third kappa shape index (κ3) is 5.05. The van der Waals surface area contributed by atoms with Crippen LogP contribution in [0.2, 0.25) is 0 Å². The second-order valence-corrected chi connectivity index (χ2v) is 4.92. The van der Waals surface area contributed by atoms with Gasteiger partial charge in [-0.3, -0.25) is 0 Å². The van der Waals surface area contributed by atoms with E-state index in [4.69, 9.17) is 10.5 Å². The number of hydrogen-bond donors (Lipinski definition) is 1. The van der Waals surface area contributed by atoms with Crippen molar-refractivity contribution in [3.8, 4) is 0 Å². The van der Waals surface area contributed by atoms with Crippen LogP contribution in [0.15, 0.2) is 24.3 Å². The number of carbonyl (C=O) groups excluding carboxylic acids is 2. The van der Waals surface area contributed by atoms with E-state index in [0.29, 0.717) is 0 Å². The zero-order valence-corrected chi connectivity index (χ0v) is 11.0. The van der Waals surface area contributed by atoms with Crippen LogP contribution in [-0.2, 0) is 14.3 Å². The lowest BCUT2D eigenvalue weighted by molar-refractivity contribution is -0.143. The average Bonchev–Trinajstić information content (AvgIpc) is 2.25. The molecule has 1 aromatic rings. The van der Waals surface area contributed by atoms with Gasteiger partial charge in [0.15, 0.2) is 0 Å². The molecule has 2 N–H and O–H groups in total. The van der Waals surface area contributed by atoms with Crippen LogP contribution in [-0.4, -0.2) is 17.7 Å². The minimum absolute atomic E-state index is 0.216. The van der Waals surface area contributed by atoms with Gasteiger partial charge in [-0.05, 0) is 38.5 Å². The molecular formula is C13H16FNO4. The van der Waals surface area contributed by atoms with Crippen LogP contribution in [0.25, 0.3) is 0 Å². The molecule has 1 unspecified atom stereocenters. The minimum Gasteiger partial charge on any atom is -0.428 e. The van der Waals surface area contributed by atoms with Gasteiger partial charge < -0.3 is 15.2 Å². The van der Waals surface area contributed by atoms with E-state index in [2.05, 4.69) is 4.74 Å². The van der Waals surface area contributed by atoms with Crippen molar-refractivity contribution in [2.45, 2.75) is 32.4 Å². The fourth-order valence-electron chi connectivity index (χ4n) is 1.25. The van der Waals surface area contributed by atoms with Crippen LogP contribution in [0.1, 0.15) is 32.4 Å². The molecule has 6 heteroatoms. The van der Waals surface area contributed by atoms with Crippen molar-refractivity contribution in [1.29, 1.82) is 0 Å². The Kier molecular flexibility index (Phi) is 4.61. The number of benzene rings is 1. The van der Waals surface area contributed by atoms with Crippen LogP contribution < -0.4 is 5.73 Å². The summed E-state index contributed by atoms with van der Waals surface area (Å²) in [4.78, 5) is 22.9. The summed E-state index contributed by atoms with van der Waals surface area (Å²) in [7, 11) is 0. The molecule has 0 aliphatic rings. The molecule has 5 nitrogen and oxygen atoms in total. The molecule has 0 radical (unpaired) electrons. The van der Waals surface area contributed by atoms with Gasteiger partial charge in [0.2, 0.25) is 0 Å². The van der Waals surface area contributed by atoms with E-state index in [1.807, 2.05) is 0 Å². The number of carbonyl (C=O) groups is 2. The summed E-state index contributed by atoms with van der Waals surface area (Å²) in [5.41, 5.74) is 5.01. The molecular weight excluding hydrogens is 253 g/mol. The number of ether oxygens (including phenoxy) is 2. The molecule has 0 saturated carbocycles. The number of esters is 1. The molecule has 104 valence electrons. The Hall–Kier alpha value is -1.95. The van der Waals surface area contributed by atoms with Crippen LogP contribution in [0.5, 0.6) is 0 Å². The molecule has 0 heterocycles. The normalized spacial score (nSPS) is 12.7. The predicted octanol–water partition coefficient (Wildman–Crippen LogP) is 2.30. The second-order valence-electron chi connectivity index (χ2n) is 4.92. The SMILES string of the molecule is CC(C)(C)OC(=O)OC(=O)C(N)c1cccc(F)c1. The number of rotatable bonds is 2. The fourth-order valence-corrected chi connectivity index (χ4v) is 1.25. The molecule has 0 aromatic heterocycles. The van der Waals surface area contributed by atoms with Crippen LogP contribution in [0.4, 0.5) is 9.18 Å². The quantitative estimate of drug-likeness (QED) is 0.658. The van der Waals surface area contributed by atoms with Gasteiger partial charge in [-0.25, -0.2) is 14.0 Å². The summed E-state index contributed by atoms with van der Waals surface area (Å²) in [6, 6.07) is 3.94. The third-order valence-corrected chi connectivity index (χ3v) is 2.04. The lowest BCUT2D eigenvalue weighted by atomic mass is 10.1. The van der Waals surface area contributed by atoms with Gasteiger partial charge in [0.1, 0.15) is 17.5 Å². The van der Waals surface area contributed by atoms with Gasteiger partial charge in [-0.15, -0.1) is 0 Å². The molecule has 1 aromatic carbocycles. The Balaban J connectivity index is 2.66. The van der Waals surface area contributed by atoms with Crippen LogP contribution >= 0.6 is 0 Å². The van der Waals surface area contributed by atoms with E-state index in [1.54, 1.807) is 20.8 Å². The van der Waals surface area contributed by atoms with Crippen molar-refractivity contribution < 1.29 is 23.5 Å². The molecule has 0 fully saturated rings. The predicted molar refractivity (Wildman–Crippen MR) is 65.7 cm³/mol. The minimum atomic E-state index is -1.25. The Labute approximate surface area is 110 Å². The molecule has 19 heavy (non-hydrogen) atoms. The largest absolute Gasteiger partial charge is 0.516 e. The number of halogens is 1. The molecule has 0 saturated heterocycles. The fraction of sp³-hybridized carbons (Fsp3) is 0.385. The van der Waals surface area contributed by atoms with Crippen molar-refractivity contribution in [3.05, 3.63) is 35.6 Å². The highest BCUT2D eigenvalue weighted by molar-refractivity contribution is 5.86. The van der Waals surface area contributed by atoms with Gasteiger partial charge in [0, 0.05) is 0 Å². The summed E-state index contributed by atoms with van der Waals surface area (Å²) >= 11 is 0. The smallest absolute Gasteiger partial charge is 0.428 e. The number of hydrogen-bond acceptors (Lipinski definition) is 5. The van der Waals surface area contributed by atoms with Gasteiger partial charge in [0.25, 0.3) is 0 Å². The monoisotopic (exact) mass is 269 g/mol. The standard InChI is InChI=1S/C13H16FNO4/c1-13(2,3)19-12(17)18-11(16)10(15)8-5-4-6-9(14)7-8/h4-7,10H,15H2,1-3H3. The molecule has 0 bridgehead atoms. The first-order valence-corrected chi connectivity index (χ1v) is 5.65. The van der Waals surface area contributed by atoms with E-state index >= 15 is 0 Å². The lowest BCUT2D eigenvalue weighted by Crippen LogP contribution is -2.30. The molecule has 1 rings (SSSR count). The van der Waals surface area contributed by atoms with Crippen LogP contribution in [0, 0.1) is 5.82 Å². The van der Waals surface area contributed by atoms with E-state index in [1.165, 1.54) is 18.2 Å². The topological polar surface area (TPSA) is 78.6 Å². The Morgan fingerprint density at radius 2 is 1.95 bits per heavy atom. The molecule has 0 aliphatic carbocycles. The van der Waals surface area contributed by atoms with E-state index in [0.717, 1.165) is 6.07 Å². The van der Waals surface area contributed by atoms with E-state index in [-0.39, 0.29) is 5.56 Å². The highest BCUT2D eigenvalue weighted by Crippen LogP contribution is 2.15. The second kappa shape index (κ2) is 5.79. The average molecular weight is 269 g/mol. The number of nitrogens with two attached hydrogens (primary N) is 1. The van der Waals surface area contributed by atoms with Crippen molar-refractivity contribution in [2.24, 2.45) is 5.73 Å². The van der Waals surface area contributed by atoms with Gasteiger partial charge in [-0.1, -0.05) is 12.1 Å². The molecule has 0 spiro atoms. The molecule has 0 amide bonds. The Bertz CT molecular complexity index is 482. The van der Waals surface area contributed by atoms with Gasteiger partial charge in [0.05, 0.1) is 0 Å².